The number of rotatable bonds is 6. The van der Waals surface area contributed by atoms with Crippen molar-refractivity contribution in [3.8, 4) is 23.1 Å². The number of hydrogen-bond donors (Lipinski definition) is 4. The summed E-state index contributed by atoms with van der Waals surface area (Å²) >= 11 is 0. The second kappa shape index (κ2) is 10.2. The van der Waals surface area contributed by atoms with Crippen molar-refractivity contribution in [2.45, 2.75) is 19.9 Å². The van der Waals surface area contributed by atoms with E-state index in [0.717, 1.165) is 28.3 Å². The van der Waals surface area contributed by atoms with Gasteiger partial charge in [-0.3, -0.25) is 14.6 Å². The maximum atomic E-state index is 12.4. The Bertz CT molecular complexity index is 1480. The molecule has 8 heteroatoms. The van der Waals surface area contributed by atoms with E-state index < -0.39 is 0 Å². The molecular formula is C27H27N7O. The molecule has 1 amide bonds. The molecule has 0 radical (unpaired) electrons. The summed E-state index contributed by atoms with van der Waals surface area (Å²) in [5, 5.41) is 17.4. The summed E-state index contributed by atoms with van der Waals surface area (Å²) in [6.07, 6.45) is 1.94. The van der Waals surface area contributed by atoms with Crippen LogP contribution in [-0.2, 0) is 4.79 Å². The van der Waals surface area contributed by atoms with E-state index in [-0.39, 0.29) is 17.7 Å². The highest BCUT2D eigenvalue weighted by atomic mass is 16.2. The van der Waals surface area contributed by atoms with Gasteiger partial charge in [-0.2, -0.15) is 0 Å². The molecule has 0 aliphatic heterocycles. The van der Waals surface area contributed by atoms with Gasteiger partial charge in [0, 0.05) is 30.1 Å². The number of carbonyl (C=O) groups excluding carboxylic acids is 1. The Morgan fingerprint density at radius 3 is 2.60 bits per heavy atom. The summed E-state index contributed by atoms with van der Waals surface area (Å²) in [5.74, 6) is 6.22. The molecule has 1 unspecified atom stereocenters. The van der Waals surface area contributed by atoms with Crippen LogP contribution >= 0.6 is 0 Å². The number of carbonyl (C=O) groups is 1. The topological polar surface area (TPSA) is 107 Å². The number of nitrogens with one attached hydrogen (secondary N) is 4. The van der Waals surface area contributed by atoms with Crippen LogP contribution in [0.4, 0.5) is 11.5 Å². The average Bonchev–Trinajstić information content (AvgIpc) is 3.22. The molecular weight excluding hydrogens is 438 g/mol. The molecule has 3 heterocycles. The van der Waals surface area contributed by atoms with Crippen molar-refractivity contribution >= 4 is 28.8 Å². The van der Waals surface area contributed by atoms with Crippen molar-refractivity contribution in [3.63, 3.8) is 0 Å². The van der Waals surface area contributed by atoms with Crippen molar-refractivity contribution < 1.29 is 4.79 Å². The second-order valence-electron chi connectivity index (χ2n) is 7.99. The van der Waals surface area contributed by atoms with Gasteiger partial charge in [-0.05, 0) is 63.1 Å². The number of fused-ring (bicyclic) bond motifs is 1. The molecule has 4 rings (SSSR count). The molecule has 4 N–H and O–H groups in total. The van der Waals surface area contributed by atoms with Gasteiger partial charge in [-0.25, -0.2) is 9.97 Å². The van der Waals surface area contributed by atoms with Gasteiger partial charge in [-0.1, -0.05) is 24.3 Å². The smallest absolute Gasteiger partial charge is 0.242 e. The standard InChI is InChI=1S/C27H27N7O/c1-17-26(34-16-8-7-11-25(34)31-17)20-12-15-24(33-27(35)18(2)29-3)32-23(20)14-13-21(28)19-9-5-6-10-22(19)30-4/h5-12,15-16,18,28-30H,1-4H3,(H,32,33,35). The fraction of sp³-hybridized carbons (Fsp3) is 0.185. The second-order valence-corrected chi connectivity index (χ2v) is 7.99. The zero-order chi connectivity index (χ0) is 24.9. The first-order chi connectivity index (χ1) is 16.9. The Balaban J connectivity index is 1.82. The Hall–Kier alpha value is -4.48. The third-order valence-electron chi connectivity index (χ3n) is 5.70. The minimum Gasteiger partial charge on any atom is -0.388 e. The van der Waals surface area contributed by atoms with E-state index in [1.165, 1.54) is 0 Å². The lowest BCUT2D eigenvalue weighted by Crippen LogP contribution is -2.35. The number of amides is 1. The minimum atomic E-state index is -0.377. The molecule has 4 aromatic rings. The van der Waals surface area contributed by atoms with E-state index in [4.69, 9.17) is 5.41 Å². The molecule has 1 aromatic carbocycles. The first kappa shape index (κ1) is 23.7. The maximum absolute atomic E-state index is 12.4. The minimum absolute atomic E-state index is 0.163. The molecule has 0 bridgehead atoms. The predicted octanol–water partition coefficient (Wildman–Crippen LogP) is 3.71. The zero-order valence-electron chi connectivity index (χ0n) is 20.1. The number of likely N-dealkylation sites (N-methyl/N-ethyl adjacent to an activating group) is 1. The summed E-state index contributed by atoms with van der Waals surface area (Å²) in [4.78, 5) is 21.7. The number of nitrogens with zero attached hydrogens (tertiary/aromatic N) is 3. The highest BCUT2D eigenvalue weighted by Gasteiger charge is 2.17. The van der Waals surface area contributed by atoms with Crippen LogP contribution in [0.5, 0.6) is 0 Å². The van der Waals surface area contributed by atoms with E-state index in [1.54, 1.807) is 20.0 Å². The maximum Gasteiger partial charge on any atom is 0.242 e. The SMILES string of the molecule is CNc1ccccc1C(=N)C#Cc1nc(NC(=O)C(C)NC)ccc1-c1c(C)nc2ccccn12. The summed E-state index contributed by atoms with van der Waals surface area (Å²) in [6.45, 7) is 3.71. The van der Waals surface area contributed by atoms with Gasteiger partial charge >= 0.3 is 0 Å². The number of benzene rings is 1. The van der Waals surface area contributed by atoms with E-state index in [1.807, 2.05) is 73.1 Å². The van der Waals surface area contributed by atoms with Gasteiger partial charge < -0.3 is 16.0 Å². The molecule has 1 atom stereocenters. The molecule has 176 valence electrons. The van der Waals surface area contributed by atoms with Crippen LogP contribution in [0.1, 0.15) is 23.9 Å². The molecule has 3 aromatic heterocycles. The molecule has 0 fully saturated rings. The van der Waals surface area contributed by atoms with Crippen LogP contribution in [0.25, 0.3) is 16.9 Å². The Morgan fingerprint density at radius 2 is 1.83 bits per heavy atom. The van der Waals surface area contributed by atoms with E-state index in [2.05, 4.69) is 37.8 Å². The Kier molecular flexibility index (Phi) is 6.90. The fourth-order valence-electron chi connectivity index (χ4n) is 3.73. The van der Waals surface area contributed by atoms with Crippen LogP contribution in [0.15, 0.2) is 60.8 Å². The number of anilines is 2. The van der Waals surface area contributed by atoms with E-state index in [9.17, 15) is 4.79 Å². The van der Waals surface area contributed by atoms with Gasteiger partial charge in [0.1, 0.15) is 22.9 Å². The van der Waals surface area contributed by atoms with Crippen molar-refractivity contribution in [3.05, 3.63) is 77.7 Å². The summed E-state index contributed by atoms with van der Waals surface area (Å²) in [6, 6.07) is 16.6. The Labute approximate surface area is 204 Å². The van der Waals surface area contributed by atoms with E-state index in [0.29, 0.717) is 17.1 Å². The van der Waals surface area contributed by atoms with Crippen LogP contribution in [-0.4, -0.2) is 46.1 Å². The van der Waals surface area contributed by atoms with Crippen LogP contribution in [0.3, 0.4) is 0 Å². The first-order valence-corrected chi connectivity index (χ1v) is 11.2. The molecule has 0 saturated heterocycles. The summed E-state index contributed by atoms with van der Waals surface area (Å²) < 4.78 is 1.99. The van der Waals surface area contributed by atoms with Crippen molar-refractivity contribution in [2.24, 2.45) is 0 Å². The summed E-state index contributed by atoms with van der Waals surface area (Å²) in [5.41, 5.74) is 5.40. The molecule has 8 nitrogen and oxygen atoms in total. The molecule has 0 aliphatic carbocycles. The third-order valence-corrected chi connectivity index (χ3v) is 5.70. The summed E-state index contributed by atoms with van der Waals surface area (Å²) in [7, 11) is 3.53. The van der Waals surface area contributed by atoms with Crippen molar-refractivity contribution in [1.82, 2.24) is 19.7 Å². The average molecular weight is 466 g/mol. The lowest BCUT2D eigenvalue weighted by Gasteiger charge is -2.12. The van der Waals surface area contributed by atoms with Crippen molar-refractivity contribution in [2.75, 3.05) is 24.7 Å². The van der Waals surface area contributed by atoms with Gasteiger partial charge in [0.05, 0.1) is 17.4 Å². The lowest BCUT2D eigenvalue weighted by atomic mass is 10.1. The van der Waals surface area contributed by atoms with Gasteiger partial charge in [0.25, 0.3) is 0 Å². The monoisotopic (exact) mass is 465 g/mol. The van der Waals surface area contributed by atoms with Gasteiger partial charge in [0.2, 0.25) is 5.91 Å². The van der Waals surface area contributed by atoms with Crippen LogP contribution in [0, 0.1) is 24.2 Å². The molecule has 0 spiro atoms. The quantitative estimate of drug-likeness (QED) is 0.257. The largest absolute Gasteiger partial charge is 0.388 e. The highest BCUT2D eigenvalue weighted by Crippen LogP contribution is 2.28. The number of aryl methyl sites for hydroxylation is 1. The van der Waals surface area contributed by atoms with Crippen LogP contribution in [0.2, 0.25) is 0 Å². The molecule has 0 saturated carbocycles. The first-order valence-electron chi connectivity index (χ1n) is 11.2. The number of imidazole rings is 1. The van der Waals surface area contributed by atoms with Crippen LogP contribution < -0.4 is 16.0 Å². The Morgan fingerprint density at radius 1 is 1.06 bits per heavy atom. The lowest BCUT2D eigenvalue weighted by molar-refractivity contribution is -0.117. The number of para-hydroxylation sites is 1. The third kappa shape index (κ3) is 4.90. The highest BCUT2D eigenvalue weighted by molar-refractivity contribution is 6.14. The number of hydrogen-bond acceptors (Lipinski definition) is 6. The predicted molar refractivity (Wildman–Crippen MR) is 140 cm³/mol. The van der Waals surface area contributed by atoms with Gasteiger partial charge in [0.15, 0.2) is 0 Å². The van der Waals surface area contributed by atoms with Crippen molar-refractivity contribution in [1.29, 1.82) is 5.41 Å². The molecule has 0 aliphatic rings. The fourth-order valence-corrected chi connectivity index (χ4v) is 3.73. The normalized spacial score (nSPS) is 11.4. The van der Waals surface area contributed by atoms with E-state index >= 15 is 0 Å². The number of pyridine rings is 2. The molecule has 35 heavy (non-hydrogen) atoms. The van der Waals surface area contributed by atoms with Gasteiger partial charge in [-0.15, -0.1) is 0 Å². The zero-order valence-corrected chi connectivity index (χ0v) is 20.1. The number of aromatic nitrogens is 3.